The largest absolute Gasteiger partial charge is 0.321 e. The zero-order chi connectivity index (χ0) is 13.1. The molecule has 2 aromatic carbocycles. The Hall–Kier alpha value is -0.650. The minimum Gasteiger partial charge on any atom is -0.321 e. The highest BCUT2D eigenvalue weighted by Gasteiger charge is 2.11. The molecule has 0 atom stereocenters. The number of hydrogen-bond donors (Lipinski definition) is 1. The van der Waals surface area contributed by atoms with Gasteiger partial charge in [0.15, 0.2) is 0 Å². The van der Waals surface area contributed by atoms with Gasteiger partial charge in [-0.1, -0.05) is 28.1 Å². The molecule has 0 bridgehead atoms. The molecule has 0 aromatic heterocycles. The van der Waals surface area contributed by atoms with E-state index < -0.39 is 0 Å². The molecule has 1 amide bonds. The van der Waals surface area contributed by atoms with E-state index >= 15 is 0 Å². The summed E-state index contributed by atoms with van der Waals surface area (Å²) in [5.41, 5.74) is 1.33. The van der Waals surface area contributed by atoms with Gasteiger partial charge in [0.1, 0.15) is 0 Å². The van der Waals surface area contributed by atoms with Crippen LogP contribution in [0.25, 0.3) is 0 Å². The number of amides is 1. The molecule has 0 radical (unpaired) electrons. The first-order chi connectivity index (χ1) is 8.58. The molecular formula is C13H8Br3NO. The van der Waals surface area contributed by atoms with Gasteiger partial charge in [-0.05, 0) is 62.2 Å². The highest BCUT2D eigenvalue weighted by Crippen LogP contribution is 2.27. The number of carbonyl (C=O) groups is 1. The van der Waals surface area contributed by atoms with Crippen LogP contribution in [0.2, 0.25) is 0 Å². The van der Waals surface area contributed by atoms with Crippen molar-refractivity contribution in [1.82, 2.24) is 0 Å². The monoisotopic (exact) mass is 431 g/mol. The minimum absolute atomic E-state index is 0.152. The maximum atomic E-state index is 12.1. The number of rotatable bonds is 2. The van der Waals surface area contributed by atoms with Crippen LogP contribution in [0, 0.1) is 0 Å². The Bertz CT molecular complexity index is 599. The third-order valence-corrected chi connectivity index (χ3v) is 4.17. The molecule has 18 heavy (non-hydrogen) atoms. The Balaban J connectivity index is 2.27. The molecule has 0 heterocycles. The molecule has 92 valence electrons. The summed E-state index contributed by atoms with van der Waals surface area (Å²) < 4.78 is 2.52. The van der Waals surface area contributed by atoms with Crippen LogP contribution < -0.4 is 5.32 Å². The van der Waals surface area contributed by atoms with Crippen LogP contribution in [0.5, 0.6) is 0 Å². The lowest BCUT2D eigenvalue weighted by Crippen LogP contribution is -2.12. The minimum atomic E-state index is -0.152. The van der Waals surface area contributed by atoms with Gasteiger partial charge >= 0.3 is 0 Å². The van der Waals surface area contributed by atoms with E-state index in [9.17, 15) is 4.79 Å². The second-order valence-electron chi connectivity index (χ2n) is 3.56. The van der Waals surface area contributed by atoms with Crippen molar-refractivity contribution < 1.29 is 4.79 Å². The summed E-state index contributed by atoms with van der Waals surface area (Å²) in [6.07, 6.45) is 0. The van der Waals surface area contributed by atoms with E-state index in [0.29, 0.717) is 5.56 Å². The van der Waals surface area contributed by atoms with Gasteiger partial charge in [0.05, 0.1) is 11.3 Å². The van der Waals surface area contributed by atoms with Gasteiger partial charge in [-0.3, -0.25) is 4.79 Å². The van der Waals surface area contributed by atoms with Crippen LogP contribution in [0.15, 0.2) is 55.9 Å². The average molecular weight is 434 g/mol. The van der Waals surface area contributed by atoms with Crippen molar-refractivity contribution in [2.24, 2.45) is 0 Å². The van der Waals surface area contributed by atoms with Gasteiger partial charge in [0, 0.05) is 13.4 Å². The zero-order valence-corrected chi connectivity index (χ0v) is 13.8. The topological polar surface area (TPSA) is 29.1 Å². The molecule has 0 saturated heterocycles. The van der Waals surface area contributed by atoms with Crippen LogP contribution in [0.1, 0.15) is 10.4 Å². The van der Waals surface area contributed by atoms with Crippen molar-refractivity contribution in [1.29, 1.82) is 0 Å². The Morgan fingerprint density at radius 2 is 1.67 bits per heavy atom. The molecule has 0 aliphatic carbocycles. The molecule has 0 spiro atoms. The fourth-order valence-corrected chi connectivity index (χ4v) is 2.60. The molecule has 1 N–H and O–H groups in total. The van der Waals surface area contributed by atoms with E-state index in [4.69, 9.17) is 0 Å². The number of benzene rings is 2. The first kappa shape index (κ1) is 13.8. The second-order valence-corrected chi connectivity index (χ2v) is 6.18. The fourth-order valence-electron chi connectivity index (χ4n) is 1.43. The van der Waals surface area contributed by atoms with Gasteiger partial charge in [-0.2, -0.15) is 0 Å². The summed E-state index contributed by atoms with van der Waals surface area (Å²) in [6, 6.07) is 12.9. The van der Waals surface area contributed by atoms with Crippen molar-refractivity contribution in [3.8, 4) is 0 Å². The molecule has 0 saturated carbocycles. The maximum absolute atomic E-state index is 12.1. The predicted octanol–water partition coefficient (Wildman–Crippen LogP) is 5.23. The van der Waals surface area contributed by atoms with E-state index in [2.05, 4.69) is 53.1 Å². The van der Waals surface area contributed by atoms with Gasteiger partial charge in [0.2, 0.25) is 0 Å². The summed E-state index contributed by atoms with van der Waals surface area (Å²) >= 11 is 10.1. The summed E-state index contributed by atoms with van der Waals surface area (Å²) in [6.45, 7) is 0. The molecule has 2 nitrogen and oxygen atoms in total. The SMILES string of the molecule is O=C(Nc1cc(Br)ccc1Br)c1ccccc1Br. The number of halogens is 3. The Kier molecular flexibility index (Phi) is 4.59. The van der Waals surface area contributed by atoms with Gasteiger partial charge in [0.25, 0.3) is 5.91 Å². The highest BCUT2D eigenvalue weighted by atomic mass is 79.9. The van der Waals surface area contributed by atoms with Gasteiger partial charge in [-0.25, -0.2) is 0 Å². The summed E-state index contributed by atoms with van der Waals surface area (Å²) in [7, 11) is 0. The van der Waals surface area contributed by atoms with Crippen molar-refractivity contribution in [2.75, 3.05) is 5.32 Å². The lowest BCUT2D eigenvalue weighted by molar-refractivity contribution is 0.102. The normalized spacial score (nSPS) is 10.2. The fraction of sp³-hybridized carbons (Fsp3) is 0. The average Bonchev–Trinajstić information content (AvgIpc) is 2.34. The molecule has 2 aromatic rings. The molecule has 0 fully saturated rings. The van der Waals surface area contributed by atoms with Gasteiger partial charge < -0.3 is 5.32 Å². The number of hydrogen-bond acceptors (Lipinski definition) is 1. The van der Waals surface area contributed by atoms with E-state index in [0.717, 1.165) is 19.1 Å². The van der Waals surface area contributed by atoms with Crippen LogP contribution in [0.4, 0.5) is 5.69 Å². The van der Waals surface area contributed by atoms with E-state index in [1.165, 1.54) is 0 Å². The van der Waals surface area contributed by atoms with Gasteiger partial charge in [-0.15, -0.1) is 0 Å². The Morgan fingerprint density at radius 3 is 2.39 bits per heavy atom. The zero-order valence-electron chi connectivity index (χ0n) is 9.08. The van der Waals surface area contributed by atoms with Crippen LogP contribution >= 0.6 is 47.8 Å². The van der Waals surface area contributed by atoms with E-state index in [1.54, 1.807) is 6.07 Å². The van der Waals surface area contributed by atoms with Crippen LogP contribution in [-0.2, 0) is 0 Å². The van der Waals surface area contributed by atoms with Crippen LogP contribution in [-0.4, -0.2) is 5.91 Å². The third-order valence-electron chi connectivity index (χ3n) is 2.30. The number of anilines is 1. The maximum Gasteiger partial charge on any atom is 0.256 e. The van der Waals surface area contributed by atoms with E-state index in [-0.39, 0.29) is 5.91 Å². The first-order valence-electron chi connectivity index (χ1n) is 5.09. The molecule has 2 rings (SSSR count). The molecule has 0 unspecified atom stereocenters. The molecular weight excluding hydrogens is 426 g/mol. The van der Waals surface area contributed by atoms with Crippen molar-refractivity contribution in [3.63, 3.8) is 0 Å². The standard InChI is InChI=1S/C13H8Br3NO/c14-8-5-6-11(16)12(7-8)17-13(18)9-3-1-2-4-10(9)15/h1-7H,(H,17,18). The smallest absolute Gasteiger partial charge is 0.256 e. The Morgan fingerprint density at radius 1 is 0.944 bits per heavy atom. The Labute approximate surface area is 130 Å². The summed E-state index contributed by atoms with van der Waals surface area (Å²) in [4.78, 5) is 12.1. The second kappa shape index (κ2) is 5.99. The first-order valence-corrected chi connectivity index (χ1v) is 7.47. The van der Waals surface area contributed by atoms with Crippen molar-refractivity contribution >= 4 is 59.4 Å². The lowest BCUT2D eigenvalue weighted by atomic mass is 10.2. The van der Waals surface area contributed by atoms with Crippen molar-refractivity contribution in [2.45, 2.75) is 0 Å². The highest BCUT2D eigenvalue weighted by molar-refractivity contribution is 9.11. The summed E-state index contributed by atoms with van der Waals surface area (Å²) in [5.74, 6) is -0.152. The molecule has 0 aliphatic heterocycles. The number of nitrogens with one attached hydrogen (secondary N) is 1. The molecule has 0 aliphatic rings. The van der Waals surface area contributed by atoms with Crippen LogP contribution in [0.3, 0.4) is 0 Å². The molecule has 5 heteroatoms. The third kappa shape index (κ3) is 3.22. The predicted molar refractivity (Wildman–Crippen MR) is 83.9 cm³/mol. The summed E-state index contributed by atoms with van der Waals surface area (Å²) in [5, 5.41) is 2.86. The van der Waals surface area contributed by atoms with Crippen molar-refractivity contribution in [3.05, 3.63) is 61.4 Å². The number of carbonyl (C=O) groups excluding carboxylic acids is 1. The van der Waals surface area contributed by atoms with E-state index in [1.807, 2.05) is 36.4 Å². The quantitative estimate of drug-likeness (QED) is 0.690. The lowest BCUT2D eigenvalue weighted by Gasteiger charge is -2.09.